The number of benzene rings is 1. The smallest absolute Gasteiger partial charge is 0.130 e. The van der Waals surface area contributed by atoms with E-state index in [0.29, 0.717) is 0 Å². The number of hydrogen-bond acceptors (Lipinski definition) is 2. The van der Waals surface area contributed by atoms with E-state index in [9.17, 15) is 0 Å². The highest BCUT2D eigenvalue weighted by atomic mass is 79.9. The van der Waals surface area contributed by atoms with Gasteiger partial charge < -0.3 is 9.88 Å². The van der Waals surface area contributed by atoms with Crippen molar-refractivity contribution in [3.63, 3.8) is 0 Å². The third-order valence-corrected chi connectivity index (χ3v) is 3.54. The molecule has 0 amide bonds. The zero-order valence-electron chi connectivity index (χ0n) is 9.61. The number of aromatic nitrogens is 2. The van der Waals surface area contributed by atoms with Crippen molar-refractivity contribution in [3.8, 4) is 0 Å². The third kappa shape index (κ3) is 2.78. The van der Waals surface area contributed by atoms with Crippen LogP contribution in [0.5, 0.6) is 0 Å². The van der Waals surface area contributed by atoms with E-state index in [-0.39, 0.29) is 6.04 Å². The molecule has 90 valence electrons. The van der Waals surface area contributed by atoms with Crippen LogP contribution < -0.4 is 5.32 Å². The SMILES string of the molecule is CNC(c1cc(Br)cc(Br)c1)c1nccn1C. The van der Waals surface area contributed by atoms with Gasteiger partial charge in [0, 0.05) is 28.4 Å². The van der Waals surface area contributed by atoms with Crippen LogP contribution in [0.15, 0.2) is 39.5 Å². The molecule has 0 fully saturated rings. The Morgan fingerprint density at radius 3 is 2.35 bits per heavy atom. The average molecular weight is 359 g/mol. The van der Waals surface area contributed by atoms with Crippen LogP contribution in [0.4, 0.5) is 0 Å². The summed E-state index contributed by atoms with van der Waals surface area (Å²) in [5.41, 5.74) is 1.17. The van der Waals surface area contributed by atoms with E-state index in [4.69, 9.17) is 0 Å². The van der Waals surface area contributed by atoms with Gasteiger partial charge in [0.15, 0.2) is 0 Å². The molecule has 0 radical (unpaired) electrons. The molecule has 1 aromatic carbocycles. The van der Waals surface area contributed by atoms with Crippen molar-refractivity contribution in [2.45, 2.75) is 6.04 Å². The molecule has 1 heterocycles. The Morgan fingerprint density at radius 2 is 1.88 bits per heavy atom. The summed E-state index contributed by atoms with van der Waals surface area (Å²) in [6.07, 6.45) is 3.76. The van der Waals surface area contributed by atoms with E-state index in [1.54, 1.807) is 0 Å². The molecule has 2 aromatic rings. The fourth-order valence-electron chi connectivity index (χ4n) is 1.84. The van der Waals surface area contributed by atoms with Gasteiger partial charge in [0.2, 0.25) is 0 Å². The molecule has 0 aliphatic carbocycles. The van der Waals surface area contributed by atoms with Crippen molar-refractivity contribution in [3.05, 3.63) is 50.9 Å². The van der Waals surface area contributed by atoms with Gasteiger partial charge in [-0.1, -0.05) is 31.9 Å². The summed E-state index contributed by atoms with van der Waals surface area (Å²) in [6, 6.07) is 6.30. The molecule has 0 aliphatic rings. The van der Waals surface area contributed by atoms with Gasteiger partial charge in [0.25, 0.3) is 0 Å². The van der Waals surface area contributed by atoms with Crippen molar-refractivity contribution in [1.29, 1.82) is 0 Å². The van der Waals surface area contributed by atoms with Crippen molar-refractivity contribution >= 4 is 31.9 Å². The lowest BCUT2D eigenvalue weighted by atomic mass is 10.1. The first-order chi connectivity index (χ1) is 8.11. The van der Waals surface area contributed by atoms with E-state index in [1.807, 2.05) is 37.1 Å². The maximum Gasteiger partial charge on any atom is 0.130 e. The molecule has 5 heteroatoms. The molecular weight excluding hydrogens is 346 g/mol. The van der Waals surface area contributed by atoms with E-state index < -0.39 is 0 Å². The Kier molecular flexibility index (Phi) is 4.01. The second kappa shape index (κ2) is 5.33. The molecule has 3 nitrogen and oxygen atoms in total. The number of nitrogens with one attached hydrogen (secondary N) is 1. The van der Waals surface area contributed by atoms with Crippen molar-refractivity contribution in [1.82, 2.24) is 14.9 Å². The normalized spacial score (nSPS) is 12.7. The van der Waals surface area contributed by atoms with Gasteiger partial charge in [-0.2, -0.15) is 0 Å². The Morgan fingerprint density at radius 1 is 1.24 bits per heavy atom. The van der Waals surface area contributed by atoms with Gasteiger partial charge in [-0.05, 0) is 30.8 Å². The van der Waals surface area contributed by atoms with Crippen LogP contribution in [0.3, 0.4) is 0 Å². The number of hydrogen-bond donors (Lipinski definition) is 1. The molecule has 1 unspecified atom stereocenters. The van der Waals surface area contributed by atoms with Crippen molar-refractivity contribution < 1.29 is 0 Å². The maximum absolute atomic E-state index is 4.39. The summed E-state index contributed by atoms with van der Waals surface area (Å²) >= 11 is 7.01. The molecule has 0 saturated carbocycles. The predicted octanol–water partition coefficient (Wildman–Crippen LogP) is 3.25. The highest BCUT2D eigenvalue weighted by Crippen LogP contribution is 2.27. The van der Waals surface area contributed by atoms with E-state index in [2.05, 4.69) is 54.3 Å². The van der Waals surface area contributed by atoms with Gasteiger partial charge in [-0.15, -0.1) is 0 Å². The maximum atomic E-state index is 4.39. The lowest BCUT2D eigenvalue weighted by molar-refractivity contribution is 0.617. The largest absolute Gasteiger partial charge is 0.336 e. The van der Waals surface area contributed by atoms with Crippen molar-refractivity contribution in [2.24, 2.45) is 7.05 Å². The third-order valence-electron chi connectivity index (χ3n) is 2.62. The molecule has 1 aromatic heterocycles. The molecular formula is C12H13Br2N3. The summed E-state index contributed by atoms with van der Waals surface area (Å²) in [5.74, 6) is 0.998. The highest BCUT2D eigenvalue weighted by Gasteiger charge is 2.16. The number of nitrogens with zero attached hydrogens (tertiary/aromatic N) is 2. The zero-order chi connectivity index (χ0) is 12.4. The topological polar surface area (TPSA) is 29.9 Å². The number of imidazole rings is 1. The van der Waals surface area contributed by atoms with Crippen LogP contribution >= 0.6 is 31.9 Å². The Bertz CT molecular complexity index is 502. The first kappa shape index (κ1) is 12.8. The van der Waals surface area contributed by atoms with Gasteiger partial charge >= 0.3 is 0 Å². The molecule has 1 atom stereocenters. The lowest BCUT2D eigenvalue weighted by Crippen LogP contribution is -2.21. The zero-order valence-corrected chi connectivity index (χ0v) is 12.8. The van der Waals surface area contributed by atoms with Gasteiger partial charge in [0.05, 0.1) is 6.04 Å². The summed E-state index contributed by atoms with van der Waals surface area (Å²) < 4.78 is 4.13. The van der Waals surface area contributed by atoms with Crippen molar-refractivity contribution in [2.75, 3.05) is 7.05 Å². The van der Waals surface area contributed by atoms with Gasteiger partial charge in [-0.3, -0.25) is 0 Å². The number of rotatable bonds is 3. The molecule has 0 saturated heterocycles. The minimum Gasteiger partial charge on any atom is -0.336 e. The molecule has 0 bridgehead atoms. The monoisotopic (exact) mass is 357 g/mol. The van der Waals surface area contributed by atoms with E-state index in [1.165, 1.54) is 5.56 Å². The van der Waals surface area contributed by atoms with Crippen LogP contribution in [-0.4, -0.2) is 16.6 Å². The lowest BCUT2D eigenvalue weighted by Gasteiger charge is -2.17. The first-order valence-corrected chi connectivity index (χ1v) is 6.81. The average Bonchev–Trinajstić information content (AvgIpc) is 2.65. The van der Waals surface area contributed by atoms with Crippen LogP contribution in [-0.2, 0) is 7.05 Å². The summed E-state index contributed by atoms with van der Waals surface area (Å²) in [5, 5.41) is 3.29. The van der Waals surface area contributed by atoms with E-state index >= 15 is 0 Å². The fraction of sp³-hybridized carbons (Fsp3) is 0.250. The molecule has 0 spiro atoms. The Hall–Kier alpha value is -0.650. The Balaban J connectivity index is 2.45. The van der Waals surface area contributed by atoms with Crippen LogP contribution in [0.1, 0.15) is 17.4 Å². The first-order valence-electron chi connectivity index (χ1n) is 5.22. The summed E-state index contributed by atoms with van der Waals surface area (Å²) in [7, 11) is 3.94. The number of aryl methyl sites for hydroxylation is 1. The standard InChI is InChI=1S/C12H13Br2N3/c1-15-11(12-16-3-4-17(12)2)8-5-9(13)7-10(14)6-8/h3-7,11,15H,1-2H3. The van der Waals surface area contributed by atoms with Gasteiger partial charge in [0.1, 0.15) is 5.82 Å². The second-order valence-electron chi connectivity index (χ2n) is 3.82. The van der Waals surface area contributed by atoms with E-state index in [0.717, 1.165) is 14.8 Å². The van der Waals surface area contributed by atoms with Crippen LogP contribution in [0, 0.1) is 0 Å². The summed E-state index contributed by atoms with van der Waals surface area (Å²) in [4.78, 5) is 4.39. The minimum absolute atomic E-state index is 0.0869. The highest BCUT2D eigenvalue weighted by molar-refractivity contribution is 9.11. The quantitative estimate of drug-likeness (QED) is 0.912. The van der Waals surface area contributed by atoms with Crippen LogP contribution in [0.25, 0.3) is 0 Å². The molecule has 17 heavy (non-hydrogen) atoms. The number of halogens is 2. The Labute approximate surface area is 118 Å². The second-order valence-corrected chi connectivity index (χ2v) is 5.65. The minimum atomic E-state index is 0.0869. The summed E-state index contributed by atoms with van der Waals surface area (Å²) in [6.45, 7) is 0. The fourth-order valence-corrected chi connectivity index (χ4v) is 3.17. The van der Waals surface area contributed by atoms with Gasteiger partial charge in [-0.25, -0.2) is 4.98 Å². The predicted molar refractivity (Wildman–Crippen MR) is 76.0 cm³/mol. The molecule has 2 rings (SSSR count). The molecule has 1 N–H and O–H groups in total. The van der Waals surface area contributed by atoms with Crippen LogP contribution in [0.2, 0.25) is 0 Å². The molecule has 0 aliphatic heterocycles.